The first-order valence-electron chi connectivity index (χ1n) is 4.58. The SMILES string of the molecule is CC(=O)c1c(C(=O)O)oc2c(Cl)c(Cl)ccc12. The van der Waals surface area contributed by atoms with Crippen LogP contribution in [-0.4, -0.2) is 16.9 Å². The molecule has 0 bridgehead atoms. The first-order valence-corrected chi connectivity index (χ1v) is 5.33. The summed E-state index contributed by atoms with van der Waals surface area (Å²) in [5.74, 6) is -2.14. The van der Waals surface area contributed by atoms with Crippen LogP contribution >= 0.6 is 23.2 Å². The number of carbonyl (C=O) groups is 2. The zero-order chi connectivity index (χ0) is 12.7. The minimum atomic E-state index is -1.32. The number of aromatic carboxylic acids is 1. The second-order valence-electron chi connectivity index (χ2n) is 3.41. The standard InChI is InChI=1S/C11H6Cl2O4/c1-4(14)7-5-2-3-6(12)8(13)9(5)17-10(7)11(15)16/h2-3H,1H3,(H,15,16). The highest BCUT2D eigenvalue weighted by atomic mass is 35.5. The van der Waals surface area contributed by atoms with Crippen LogP contribution in [-0.2, 0) is 0 Å². The molecule has 2 rings (SSSR count). The topological polar surface area (TPSA) is 67.5 Å². The Balaban J connectivity index is 2.94. The number of hydrogen-bond acceptors (Lipinski definition) is 3. The van der Waals surface area contributed by atoms with E-state index in [-0.39, 0.29) is 21.2 Å². The van der Waals surface area contributed by atoms with E-state index in [1.807, 2.05) is 0 Å². The zero-order valence-electron chi connectivity index (χ0n) is 8.58. The molecule has 0 saturated carbocycles. The van der Waals surface area contributed by atoms with Gasteiger partial charge in [0.2, 0.25) is 5.76 Å². The zero-order valence-corrected chi connectivity index (χ0v) is 10.1. The van der Waals surface area contributed by atoms with Crippen LogP contribution in [0.4, 0.5) is 0 Å². The van der Waals surface area contributed by atoms with Gasteiger partial charge >= 0.3 is 5.97 Å². The summed E-state index contributed by atoms with van der Waals surface area (Å²) in [6.07, 6.45) is 0. The quantitative estimate of drug-likeness (QED) is 0.848. The smallest absolute Gasteiger partial charge is 0.372 e. The number of hydrogen-bond donors (Lipinski definition) is 1. The van der Waals surface area contributed by atoms with Crippen LogP contribution in [0.15, 0.2) is 16.5 Å². The molecule has 0 amide bonds. The first-order chi connectivity index (χ1) is 7.93. The number of halogens is 2. The molecule has 0 saturated heterocycles. The van der Waals surface area contributed by atoms with Crippen LogP contribution in [0.2, 0.25) is 10.0 Å². The summed E-state index contributed by atoms with van der Waals surface area (Å²) in [7, 11) is 0. The van der Waals surface area contributed by atoms with Gasteiger partial charge in [-0.1, -0.05) is 23.2 Å². The number of rotatable bonds is 2. The van der Waals surface area contributed by atoms with Crippen molar-refractivity contribution in [1.82, 2.24) is 0 Å². The van der Waals surface area contributed by atoms with Crippen molar-refractivity contribution in [2.45, 2.75) is 6.92 Å². The Bertz CT molecular complexity index is 642. The van der Waals surface area contributed by atoms with Crippen LogP contribution in [0.5, 0.6) is 0 Å². The summed E-state index contributed by atoms with van der Waals surface area (Å²) in [5, 5.41) is 9.64. The number of carboxylic acid groups (broad SMARTS) is 1. The number of carboxylic acids is 1. The predicted molar refractivity (Wildman–Crippen MR) is 63.2 cm³/mol. The summed E-state index contributed by atoms with van der Waals surface area (Å²) < 4.78 is 5.10. The van der Waals surface area contributed by atoms with Gasteiger partial charge in [0.05, 0.1) is 10.6 Å². The van der Waals surface area contributed by atoms with Gasteiger partial charge in [0.15, 0.2) is 11.4 Å². The van der Waals surface area contributed by atoms with Gasteiger partial charge in [-0.25, -0.2) is 4.79 Å². The molecule has 6 heteroatoms. The van der Waals surface area contributed by atoms with E-state index in [9.17, 15) is 9.59 Å². The highest BCUT2D eigenvalue weighted by molar-refractivity contribution is 6.45. The van der Waals surface area contributed by atoms with E-state index in [0.717, 1.165) is 0 Å². The van der Waals surface area contributed by atoms with E-state index in [2.05, 4.69) is 0 Å². The van der Waals surface area contributed by atoms with Gasteiger partial charge in [0.25, 0.3) is 0 Å². The summed E-state index contributed by atoms with van der Waals surface area (Å²) in [4.78, 5) is 22.4. The minimum absolute atomic E-state index is 0.00562. The fourth-order valence-electron chi connectivity index (χ4n) is 1.60. The highest BCUT2D eigenvalue weighted by Crippen LogP contribution is 2.35. The van der Waals surface area contributed by atoms with Crippen LogP contribution < -0.4 is 0 Å². The summed E-state index contributed by atoms with van der Waals surface area (Å²) >= 11 is 11.7. The molecule has 0 atom stereocenters. The van der Waals surface area contributed by atoms with E-state index >= 15 is 0 Å². The summed E-state index contributed by atoms with van der Waals surface area (Å²) in [5.41, 5.74) is 0.118. The largest absolute Gasteiger partial charge is 0.475 e. The lowest BCUT2D eigenvalue weighted by atomic mass is 10.1. The second kappa shape index (κ2) is 4.05. The molecule has 4 nitrogen and oxygen atoms in total. The predicted octanol–water partition coefficient (Wildman–Crippen LogP) is 3.64. The summed E-state index contributed by atoms with van der Waals surface area (Å²) in [6, 6.07) is 3.00. The monoisotopic (exact) mass is 272 g/mol. The molecule has 0 aliphatic carbocycles. The molecule has 1 N–H and O–H groups in total. The van der Waals surface area contributed by atoms with Gasteiger partial charge in [-0.05, 0) is 19.1 Å². The van der Waals surface area contributed by atoms with E-state index in [4.69, 9.17) is 32.7 Å². The average Bonchev–Trinajstić information content (AvgIpc) is 2.63. The van der Waals surface area contributed by atoms with Crippen LogP contribution in [0.25, 0.3) is 11.0 Å². The van der Waals surface area contributed by atoms with Gasteiger partial charge in [0.1, 0.15) is 5.02 Å². The van der Waals surface area contributed by atoms with E-state index in [0.29, 0.717) is 5.39 Å². The van der Waals surface area contributed by atoms with Crippen molar-refractivity contribution in [2.75, 3.05) is 0 Å². The van der Waals surface area contributed by atoms with Crippen LogP contribution in [0, 0.1) is 0 Å². The fraction of sp³-hybridized carbons (Fsp3) is 0.0909. The number of furan rings is 1. The normalized spacial score (nSPS) is 10.8. The van der Waals surface area contributed by atoms with E-state index in [1.165, 1.54) is 19.1 Å². The maximum absolute atomic E-state index is 11.4. The molecule has 1 heterocycles. The van der Waals surface area contributed by atoms with Crippen molar-refractivity contribution < 1.29 is 19.1 Å². The van der Waals surface area contributed by atoms with Gasteiger partial charge in [-0.3, -0.25) is 4.79 Å². The average molecular weight is 273 g/mol. The lowest BCUT2D eigenvalue weighted by Gasteiger charge is -1.95. The Kier molecular flexibility index (Phi) is 2.85. The van der Waals surface area contributed by atoms with Crippen LogP contribution in [0.1, 0.15) is 27.8 Å². The first kappa shape index (κ1) is 12.0. The molecular formula is C11H6Cl2O4. The summed E-state index contributed by atoms with van der Waals surface area (Å²) in [6.45, 7) is 1.26. The molecule has 88 valence electrons. The number of Topliss-reactive ketones (excluding diaryl/α,β-unsaturated/α-hetero) is 1. The third-order valence-corrected chi connectivity index (χ3v) is 3.08. The maximum Gasteiger partial charge on any atom is 0.372 e. The van der Waals surface area contributed by atoms with Gasteiger partial charge < -0.3 is 9.52 Å². The lowest BCUT2D eigenvalue weighted by Crippen LogP contribution is -2.02. The van der Waals surface area contributed by atoms with Crippen molar-refractivity contribution in [3.05, 3.63) is 33.5 Å². The number of fused-ring (bicyclic) bond motifs is 1. The molecule has 0 aliphatic heterocycles. The Morgan fingerprint density at radius 1 is 1.29 bits per heavy atom. The van der Waals surface area contributed by atoms with Crippen molar-refractivity contribution in [1.29, 1.82) is 0 Å². The van der Waals surface area contributed by atoms with Crippen LogP contribution in [0.3, 0.4) is 0 Å². The molecule has 0 fully saturated rings. The molecule has 0 radical (unpaired) electrons. The van der Waals surface area contributed by atoms with Gasteiger partial charge in [-0.2, -0.15) is 0 Å². The van der Waals surface area contributed by atoms with E-state index < -0.39 is 17.5 Å². The Morgan fingerprint density at radius 2 is 1.94 bits per heavy atom. The molecule has 1 aromatic carbocycles. The second-order valence-corrected chi connectivity index (χ2v) is 4.19. The highest BCUT2D eigenvalue weighted by Gasteiger charge is 2.24. The van der Waals surface area contributed by atoms with Crippen molar-refractivity contribution in [2.24, 2.45) is 0 Å². The van der Waals surface area contributed by atoms with Crippen molar-refractivity contribution in [3.8, 4) is 0 Å². The number of benzene rings is 1. The number of carbonyl (C=O) groups excluding carboxylic acids is 1. The Labute approximate surface area is 106 Å². The number of ketones is 1. The molecule has 2 aromatic rings. The fourth-order valence-corrected chi connectivity index (χ4v) is 1.96. The minimum Gasteiger partial charge on any atom is -0.475 e. The lowest BCUT2D eigenvalue weighted by molar-refractivity contribution is 0.0660. The molecule has 1 aromatic heterocycles. The van der Waals surface area contributed by atoms with Crippen molar-refractivity contribution >= 4 is 45.9 Å². The molecule has 0 spiro atoms. The maximum atomic E-state index is 11.4. The molecular weight excluding hydrogens is 267 g/mol. The van der Waals surface area contributed by atoms with Crippen molar-refractivity contribution in [3.63, 3.8) is 0 Å². The van der Waals surface area contributed by atoms with E-state index in [1.54, 1.807) is 0 Å². The van der Waals surface area contributed by atoms with Gasteiger partial charge in [-0.15, -0.1) is 0 Å². The third-order valence-electron chi connectivity index (χ3n) is 2.30. The molecule has 0 aliphatic rings. The third kappa shape index (κ3) is 1.79. The Hall–Kier alpha value is -1.52. The van der Waals surface area contributed by atoms with Gasteiger partial charge in [0, 0.05) is 5.39 Å². The Morgan fingerprint density at radius 3 is 2.47 bits per heavy atom. The molecule has 17 heavy (non-hydrogen) atoms. The molecule has 0 unspecified atom stereocenters.